The first-order valence-electron chi connectivity index (χ1n) is 9.91. The zero-order chi connectivity index (χ0) is 21.0. The highest BCUT2D eigenvalue weighted by Crippen LogP contribution is 2.35. The van der Waals surface area contributed by atoms with Crippen molar-refractivity contribution in [2.45, 2.75) is 31.8 Å². The summed E-state index contributed by atoms with van der Waals surface area (Å²) in [7, 11) is -6.26. The molecule has 160 valence electrons. The summed E-state index contributed by atoms with van der Waals surface area (Å²) in [6, 6.07) is 5.16. The molecule has 8 nitrogen and oxygen atoms in total. The molecule has 10 heteroatoms. The number of rotatable bonds is 3. The number of piperazine rings is 1. The Bertz CT molecular complexity index is 1030. The van der Waals surface area contributed by atoms with Gasteiger partial charge in [-0.25, -0.2) is 16.8 Å². The monoisotopic (exact) mass is 441 g/mol. The van der Waals surface area contributed by atoms with Gasteiger partial charge >= 0.3 is 0 Å². The molecule has 0 spiro atoms. The van der Waals surface area contributed by atoms with Crippen LogP contribution in [0.1, 0.15) is 29.3 Å². The van der Waals surface area contributed by atoms with Gasteiger partial charge in [0, 0.05) is 43.8 Å². The SMILES string of the molecule is CC1Cc2cc(C(=O)N3CCN(C4CCS(=O)(=O)C4)CC3)ccc2N1S(C)(=O)=O. The fourth-order valence-corrected chi connectivity index (χ4v) is 7.80. The van der Waals surface area contributed by atoms with Crippen LogP contribution in [0.4, 0.5) is 5.69 Å². The Hall–Kier alpha value is -1.65. The fourth-order valence-electron chi connectivity index (χ4n) is 4.78. The predicted molar refractivity (Wildman–Crippen MR) is 111 cm³/mol. The molecule has 1 aromatic carbocycles. The minimum atomic E-state index is -3.35. The number of fused-ring (bicyclic) bond motifs is 1. The standard InChI is InChI=1S/C19H27N3O5S2/c1-14-11-16-12-15(3-4-18(16)22(14)28(2,24)25)19(23)21-8-6-20(7-9-21)17-5-10-29(26,27)13-17/h3-4,12,14,17H,5-11,13H2,1-2H3. The number of nitrogens with zero attached hydrogens (tertiary/aromatic N) is 3. The highest BCUT2D eigenvalue weighted by Gasteiger charge is 2.35. The normalized spacial score (nSPS) is 27.2. The van der Waals surface area contributed by atoms with E-state index in [1.807, 2.05) is 13.0 Å². The molecular weight excluding hydrogens is 414 g/mol. The average Bonchev–Trinajstić information content (AvgIpc) is 3.18. The van der Waals surface area contributed by atoms with Crippen molar-refractivity contribution in [3.8, 4) is 0 Å². The summed E-state index contributed by atoms with van der Waals surface area (Å²) in [5.41, 5.74) is 2.11. The Balaban J connectivity index is 1.43. The second-order valence-corrected chi connectivity index (χ2v) is 12.4. The fraction of sp³-hybridized carbons (Fsp3) is 0.632. The van der Waals surface area contributed by atoms with Crippen LogP contribution >= 0.6 is 0 Å². The first kappa shape index (κ1) is 20.6. The molecule has 3 aliphatic rings. The molecule has 2 saturated heterocycles. The van der Waals surface area contributed by atoms with Crippen molar-refractivity contribution in [3.63, 3.8) is 0 Å². The van der Waals surface area contributed by atoms with Gasteiger partial charge in [0.2, 0.25) is 10.0 Å². The third-order valence-corrected chi connectivity index (χ3v) is 9.18. The van der Waals surface area contributed by atoms with Crippen molar-refractivity contribution in [1.29, 1.82) is 0 Å². The van der Waals surface area contributed by atoms with E-state index >= 15 is 0 Å². The molecule has 2 atom stereocenters. The number of amides is 1. The highest BCUT2D eigenvalue weighted by molar-refractivity contribution is 7.92. The molecule has 1 amide bonds. The van der Waals surface area contributed by atoms with Gasteiger partial charge in [0.05, 0.1) is 23.4 Å². The topological polar surface area (TPSA) is 95.1 Å². The lowest BCUT2D eigenvalue weighted by Crippen LogP contribution is -2.52. The Morgan fingerprint density at radius 1 is 1.14 bits per heavy atom. The minimum absolute atomic E-state index is 0.0584. The Morgan fingerprint density at radius 2 is 1.83 bits per heavy atom. The van der Waals surface area contributed by atoms with Gasteiger partial charge in [-0.05, 0) is 43.5 Å². The number of hydrogen-bond donors (Lipinski definition) is 0. The Kier molecular flexibility index (Phi) is 5.15. The average molecular weight is 442 g/mol. The predicted octanol–water partition coefficient (Wildman–Crippen LogP) is 0.342. The molecule has 3 heterocycles. The summed E-state index contributed by atoms with van der Waals surface area (Å²) < 4.78 is 49.0. The van der Waals surface area contributed by atoms with Crippen LogP contribution in [0.3, 0.4) is 0 Å². The second-order valence-electron chi connectivity index (χ2n) is 8.34. The largest absolute Gasteiger partial charge is 0.336 e. The maximum Gasteiger partial charge on any atom is 0.253 e. The quantitative estimate of drug-likeness (QED) is 0.671. The third-order valence-electron chi connectivity index (χ3n) is 6.16. The molecule has 1 aromatic rings. The maximum atomic E-state index is 13.0. The smallest absolute Gasteiger partial charge is 0.253 e. The van der Waals surface area contributed by atoms with E-state index in [0.29, 0.717) is 50.3 Å². The first-order chi connectivity index (χ1) is 13.5. The van der Waals surface area contributed by atoms with Crippen molar-refractivity contribution in [2.24, 2.45) is 0 Å². The van der Waals surface area contributed by atoms with Crippen molar-refractivity contribution in [2.75, 3.05) is 48.2 Å². The minimum Gasteiger partial charge on any atom is -0.336 e. The summed E-state index contributed by atoms with van der Waals surface area (Å²) in [4.78, 5) is 17.0. The number of sulfonamides is 1. The van der Waals surface area contributed by atoms with Crippen molar-refractivity contribution < 1.29 is 21.6 Å². The van der Waals surface area contributed by atoms with Crippen LogP contribution in [-0.4, -0.2) is 88.6 Å². The van der Waals surface area contributed by atoms with Crippen LogP contribution in [0.2, 0.25) is 0 Å². The van der Waals surface area contributed by atoms with Gasteiger partial charge in [0.15, 0.2) is 9.84 Å². The molecule has 0 aliphatic carbocycles. The number of anilines is 1. The molecule has 3 aliphatic heterocycles. The maximum absolute atomic E-state index is 13.0. The molecule has 0 aromatic heterocycles. The van der Waals surface area contributed by atoms with Crippen molar-refractivity contribution in [1.82, 2.24) is 9.80 Å². The summed E-state index contributed by atoms with van der Waals surface area (Å²) >= 11 is 0. The van der Waals surface area contributed by atoms with E-state index in [-0.39, 0.29) is 29.5 Å². The number of benzene rings is 1. The molecule has 0 saturated carbocycles. The summed E-state index contributed by atoms with van der Waals surface area (Å²) in [5, 5.41) is 0. The number of carbonyl (C=O) groups is 1. The van der Waals surface area contributed by atoms with E-state index in [0.717, 1.165) is 5.56 Å². The van der Waals surface area contributed by atoms with Gasteiger partial charge in [-0.1, -0.05) is 0 Å². The second kappa shape index (κ2) is 7.24. The van der Waals surface area contributed by atoms with Crippen molar-refractivity contribution in [3.05, 3.63) is 29.3 Å². The lowest BCUT2D eigenvalue weighted by atomic mass is 10.1. The van der Waals surface area contributed by atoms with Gasteiger partial charge in [-0.2, -0.15) is 0 Å². The van der Waals surface area contributed by atoms with E-state index in [9.17, 15) is 21.6 Å². The van der Waals surface area contributed by atoms with Crippen LogP contribution in [0, 0.1) is 0 Å². The molecule has 29 heavy (non-hydrogen) atoms. The molecular formula is C19H27N3O5S2. The Labute approximate surface area is 172 Å². The molecule has 4 rings (SSSR count). The highest BCUT2D eigenvalue weighted by atomic mass is 32.2. The van der Waals surface area contributed by atoms with Crippen LogP contribution < -0.4 is 4.31 Å². The van der Waals surface area contributed by atoms with Crippen LogP contribution in [-0.2, 0) is 26.3 Å². The zero-order valence-electron chi connectivity index (χ0n) is 16.7. The van der Waals surface area contributed by atoms with E-state index in [1.165, 1.54) is 10.6 Å². The molecule has 0 N–H and O–H groups in total. The van der Waals surface area contributed by atoms with Crippen LogP contribution in [0.5, 0.6) is 0 Å². The van der Waals surface area contributed by atoms with Gasteiger partial charge in [0.1, 0.15) is 0 Å². The zero-order valence-corrected chi connectivity index (χ0v) is 18.4. The van der Waals surface area contributed by atoms with Gasteiger partial charge in [-0.3, -0.25) is 14.0 Å². The third kappa shape index (κ3) is 4.02. The van der Waals surface area contributed by atoms with Gasteiger partial charge in [-0.15, -0.1) is 0 Å². The van der Waals surface area contributed by atoms with E-state index in [2.05, 4.69) is 4.90 Å². The summed E-state index contributed by atoms with van der Waals surface area (Å²) in [6.45, 7) is 4.35. The van der Waals surface area contributed by atoms with Gasteiger partial charge < -0.3 is 4.90 Å². The number of sulfone groups is 1. The van der Waals surface area contributed by atoms with E-state index < -0.39 is 19.9 Å². The van der Waals surface area contributed by atoms with Crippen LogP contribution in [0.15, 0.2) is 18.2 Å². The Morgan fingerprint density at radius 3 is 2.41 bits per heavy atom. The lowest BCUT2D eigenvalue weighted by molar-refractivity contribution is 0.0587. The number of carbonyl (C=O) groups excluding carboxylic acids is 1. The molecule has 0 bridgehead atoms. The van der Waals surface area contributed by atoms with E-state index in [1.54, 1.807) is 17.0 Å². The van der Waals surface area contributed by atoms with E-state index in [4.69, 9.17) is 0 Å². The van der Waals surface area contributed by atoms with Gasteiger partial charge in [0.25, 0.3) is 5.91 Å². The van der Waals surface area contributed by atoms with Crippen LogP contribution in [0.25, 0.3) is 0 Å². The summed E-state index contributed by atoms with van der Waals surface area (Å²) in [5.74, 6) is 0.423. The number of hydrogen-bond acceptors (Lipinski definition) is 6. The molecule has 2 unspecified atom stereocenters. The lowest BCUT2D eigenvalue weighted by Gasteiger charge is -2.37. The molecule has 0 radical (unpaired) electrons. The molecule has 2 fully saturated rings. The van der Waals surface area contributed by atoms with Crippen molar-refractivity contribution >= 4 is 31.5 Å². The summed E-state index contributed by atoms with van der Waals surface area (Å²) in [6.07, 6.45) is 2.47. The first-order valence-corrected chi connectivity index (χ1v) is 13.6.